The fourth-order valence-electron chi connectivity index (χ4n) is 2.02. The Morgan fingerprint density at radius 2 is 2.12 bits per heavy atom. The van der Waals surface area contributed by atoms with Crippen LogP contribution >= 0.6 is 15.9 Å². The standard InChI is InChI=1S/C16H15BrFN3O3/c1-2-24-16(23)13(9-4-3-5-10(18)8-9)21-15(22)14-11(19)6-7-12(17)20-14/h3-8,13H,2,19H2,1H3,(H,21,22). The summed E-state index contributed by atoms with van der Waals surface area (Å²) >= 11 is 3.15. The predicted molar refractivity (Wildman–Crippen MR) is 89.6 cm³/mol. The highest BCUT2D eigenvalue weighted by Crippen LogP contribution is 2.19. The summed E-state index contributed by atoms with van der Waals surface area (Å²) in [7, 11) is 0. The lowest BCUT2D eigenvalue weighted by Crippen LogP contribution is -2.35. The van der Waals surface area contributed by atoms with Crippen LogP contribution in [0.3, 0.4) is 0 Å². The molecule has 0 bridgehead atoms. The molecule has 0 aliphatic heterocycles. The van der Waals surface area contributed by atoms with Gasteiger partial charge in [-0.25, -0.2) is 14.2 Å². The highest BCUT2D eigenvalue weighted by atomic mass is 79.9. The normalized spacial score (nSPS) is 11.6. The monoisotopic (exact) mass is 395 g/mol. The molecule has 0 saturated carbocycles. The van der Waals surface area contributed by atoms with Crippen molar-refractivity contribution in [1.82, 2.24) is 10.3 Å². The molecular formula is C16H15BrFN3O3. The van der Waals surface area contributed by atoms with Crippen molar-refractivity contribution in [3.05, 3.63) is 58.1 Å². The summed E-state index contributed by atoms with van der Waals surface area (Å²) in [6.45, 7) is 1.76. The molecule has 1 atom stereocenters. The van der Waals surface area contributed by atoms with Crippen LogP contribution in [0.4, 0.5) is 10.1 Å². The molecule has 2 aromatic rings. The Bertz CT molecular complexity index is 770. The average Bonchev–Trinajstić information content (AvgIpc) is 2.54. The second-order valence-electron chi connectivity index (χ2n) is 4.79. The zero-order valence-corrected chi connectivity index (χ0v) is 14.3. The summed E-state index contributed by atoms with van der Waals surface area (Å²) < 4.78 is 18.8. The number of ether oxygens (including phenoxy) is 1. The summed E-state index contributed by atoms with van der Waals surface area (Å²) in [4.78, 5) is 28.6. The lowest BCUT2D eigenvalue weighted by molar-refractivity contribution is -0.145. The predicted octanol–water partition coefficient (Wildman–Crippen LogP) is 2.60. The van der Waals surface area contributed by atoms with Crippen molar-refractivity contribution in [2.24, 2.45) is 0 Å². The molecule has 1 unspecified atom stereocenters. The fourth-order valence-corrected chi connectivity index (χ4v) is 2.33. The number of amides is 1. The van der Waals surface area contributed by atoms with Crippen LogP contribution in [0, 0.1) is 5.82 Å². The summed E-state index contributed by atoms with van der Waals surface area (Å²) in [6.07, 6.45) is 0. The third-order valence-electron chi connectivity index (χ3n) is 3.09. The van der Waals surface area contributed by atoms with E-state index in [9.17, 15) is 14.0 Å². The van der Waals surface area contributed by atoms with E-state index in [1.165, 1.54) is 24.3 Å². The van der Waals surface area contributed by atoms with Gasteiger partial charge in [-0.15, -0.1) is 0 Å². The maximum absolute atomic E-state index is 13.5. The average molecular weight is 396 g/mol. The van der Waals surface area contributed by atoms with Crippen molar-refractivity contribution in [2.45, 2.75) is 13.0 Å². The number of nitrogen functional groups attached to an aromatic ring is 1. The molecule has 0 radical (unpaired) electrons. The maximum Gasteiger partial charge on any atom is 0.333 e. The van der Waals surface area contributed by atoms with Crippen molar-refractivity contribution in [2.75, 3.05) is 12.3 Å². The number of hydrogen-bond acceptors (Lipinski definition) is 5. The van der Waals surface area contributed by atoms with Gasteiger partial charge in [0.1, 0.15) is 10.4 Å². The first-order valence-corrected chi connectivity index (χ1v) is 7.86. The van der Waals surface area contributed by atoms with E-state index in [0.717, 1.165) is 6.07 Å². The number of benzene rings is 1. The molecular weight excluding hydrogens is 381 g/mol. The Morgan fingerprint density at radius 3 is 2.79 bits per heavy atom. The molecule has 2 rings (SSSR count). The van der Waals surface area contributed by atoms with Crippen LogP contribution in [0.25, 0.3) is 0 Å². The van der Waals surface area contributed by atoms with E-state index in [4.69, 9.17) is 10.5 Å². The number of aromatic nitrogens is 1. The minimum absolute atomic E-state index is 0.0462. The topological polar surface area (TPSA) is 94.3 Å². The number of rotatable bonds is 5. The molecule has 0 aliphatic carbocycles. The van der Waals surface area contributed by atoms with E-state index in [1.54, 1.807) is 13.0 Å². The first-order valence-electron chi connectivity index (χ1n) is 7.07. The molecule has 6 nitrogen and oxygen atoms in total. The van der Waals surface area contributed by atoms with Gasteiger partial charge in [0.25, 0.3) is 5.91 Å². The van der Waals surface area contributed by atoms with Crippen LogP contribution in [0.2, 0.25) is 0 Å². The Balaban J connectivity index is 2.32. The minimum atomic E-state index is -1.17. The zero-order valence-electron chi connectivity index (χ0n) is 12.8. The third-order valence-corrected chi connectivity index (χ3v) is 3.53. The van der Waals surface area contributed by atoms with Gasteiger partial charge >= 0.3 is 5.97 Å². The Labute approximate surface area is 146 Å². The number of nitrogens with two attached hydrogens (primary N) is 1. The maximum atomic E-state index is 13.5. The largest absolute Gasteiger partial charge is 0.464 e. The van der Waals surface area contributed by atoms with E-state index in [-0.39, 0.29) is 23.6 Å². The molecule has 1 heterocycles. The van der Waals surface area contributed by atoms with E-state index in [0.29, 0.717) is 4.60 Å². The van der Waals surface area contributed by atoms with Gasteiger partial charge in [0, 0.05) is 0 Å². The summed E-state index contributed by atoms with van der Waals surface area (Å²) in [5.74, 6) is -1.91. The Hall–Kier alpha value is -2.48. The van der Waals surface area contributed by atoms with Gasteiger partial charge in [-0.05, 0) is 52.7 Å². The molecule has 24 heavy (non-hydrogen) atoms. The first-order chi connectivity index (χ1) is 11.4. The van der Waals surface area contributed by atoms with E-state index >= 15 is 0 Å². The van der Waals surface area contributed by atoms with Gasteiger partial charge in [-0.3, -0.25) is 4.79 Å². The Kier molecular flexibility index (Phi) is 5.86. The number of carbonyl (C=O) groups is 2. The number of pyridine rings is 1. The van der Waals surface area contributed by atoms with Crippen LogP contribution in [0.1, 0.15) is 29.0 Å². The van der Waals surface area contributed by atoms with E-state index in [1.807, 2.05) is 0 Å². The van der Waals surface area contributed by atoms with Crippen LogP contribution in [0.15, 0.2) is 41.0 Å². The number of esters is 1. The molecule has 0 saturated heterocycles. The quantitative estimate of drug-likeness (QED) is 0.599. The van der Waals surface area contributed by atoms with Crippen LogP contribution in [-0.2, 0) is 9.53 Å². The van der Waals surface area contributed by atoms with Crippen LogP contribution < -0.4 is 11.1 Å². The number of nitrogens with one attached hydrogen (secondary N) is 1. The molecule has 1 aromatic heterocycles. The molecule has 126 valence electrons. The second-order valence-corrected chi connectivity index (χ2v) is 5.60. The minimum Gasteiger partial charge on any atom is -0.464 e. The molecule has 0 aliphatic rings. The highest BCUT2D eigenvalue weighted by molar-refractivity contribution is 9.10. The summed E-state index contributed by atoms with van der Waals surface area (Å²) in [5, 5.41) is 2.49. The van der Waals surface area contributed by atoms with Gasteiger partial charge in [-0.1, -0.05) is 12.1 Å². The lowest BCUT2D eigenvalue weighted by atomic mass is 10.1. The van der Waals surface area contributed by atoms with Crippen LogP contribution in [0.5, 0.6) is 0 Å². The van der Waals surface area contributed by atoms with Crippen LogP contribution in [-0.4, -0.2) is 23.5 Å². The van der Waals surface area contributed by atoms with Crippen molar-refractivity contribution < 1.29 is 18.7 Å². The number of carbonyl (C=O) groups excluding carboxylic acids is 2. The summed E-state index contributed by atoms with van der Waals surface area (Å²) in [5.41, 5.74) is 6.11. The second kappa shape index (κ2) is 7.87. The fraction of sp³-hybridized carbons (Fsp3) is 0.188. The van der Waals surface area contributed by atoms with Gasteiger partial charge < -0.3 is 15.8 Å². The third kappa shape index (κ3) is 4.29. The highest BCUT2D eigenvalue weighted by Gasteiger charge is 2.26. The van der Waals surface area contributed by atoms with Gasteiger partial charge in [0.15, 0.2) is 11.7 Å². The van der Waals surface area contributed by atoms with Gasteiger partial charge in [0.2, 0.25) is 0 Å². The number of nitrogens with zero attached hydrogens (tertiary/aromatic N) is 1. The van der Waals surface area contributed by atoms with E-state index < -0.39 is 23.7 Å². The van der Waals surface area contributed by atoms with Crippen molar-refractivity contribution >= 4 is 33.5 Å². The van der Waals surface area contributed by atoms with Gasteiger partial charge in [-0.2, -0.15) is 0 Å². The smallest absolute Gasteiger partial charge is 0.333 e. The molecule has 0 spiro atoms. The molecule has 8 heteroatoms. The number of hydrogen-bond donors (Lipinski definition) is 2. The molecule has 0 fully saturated rings. The van der Waals surface area contributed by atoms with Crippen molar-refractivity contribution in [3.63, 3.8) is 0 Å². The number of halogens is 2. The molecule has 1 amide bonds. The molecule has 1 aromatic carbocycles. The zero-order chi connectivity index (χ0) is 17.7. The molecule has 3 N–H and O–H groups in total. The van der Waals surface area contributed by atoms with Gasteiger partial charge in [0.05, 0.1) is 12.3 Å². The number of anilines is 1. The SMILES string of the molecule is CCOC(=O)C(NC(=O)c1nc(Br)ccc1N)c1cccc(F)c1. The van der Waals surface area contributed by atoms with E-state index in [2.05, 4.69) is 26.2 Å². The first kappa shape index (κ1) is 17.9. The van der Waals surface area contributed by atoms with Crippen molar-refractivity contribution in [1.29, 1.82) is 0 Å². The lowest BCUT2D eigenvalue weighted by Gasteiger charge is -2.18. The summed E-state index contributed by atoms with van der Waals surface area (Å²) in [6, 6.07) is 7.27. The van der Waals surface area contributed by atoms with Crippen molar-refractivity contribution in [3.8, 4) is 0 Å². The Morgan fingerprint density at radius 1 is 1.38 bits per heavy atom.